The van der Waals surface area contributed by atoms with Crippen LogP contribution < -0.4 is 5.32 Å². The molecule has 0 heterocycles. The molecule has 0 aliphatic rings. The quantitative estimate of drug-likeness (QED) is 0.611. The third-order valence-corrected chi connectivity index (χ3v) is 2.30. The number of allylic oxidation sites excluding steroid dienone is 1. The third kappa shape index (κ3) is 2.89. The van der Waals surface area contributed by atoms with Crippen LogP contribution >= 0.6 is 0 Å². The SMILES string of the molecule is C=CC(NC)C(C)/C(C)=C/C. The zero-order valence-electron chi connectivity index (χ0n) is 8.02. The zero-order valence-corrected chi connectivity index (χ0v) is 8.02. The maximum atomic E-state index is 3.78. The van der Waals surface area contributed by atoms with Gasteiger partial charge < -0.3 is 5.32 Å². The van der Waals surface area contributed by atoms with Gasteiger partial charge in [0, 0.05) is 6.04 Å². The Morgan fingerprint density at radius 2 is 2.09 bits per heavy atom. The van der Waals surface area contributed by atoms with Crippen LogP contribution in [0.1, 0.15) is 20.8 Å². The molecule has 0 saturated carbocycles. The number of likely N-dealkylation sites (N-methyl/N-ethyl adjacent to an activating group) is 1. The summed E-state index contributed by atoms with van der Waals surface area (Å²) >= 11 is 0. The topological polar surface area (TPSA) is 12.0 Å². The smallest absolute Gasteiger partial charge is 0.0307 e. The second-order valence-electron chi connectivity index (χ2n) is 2.87. The predicted molar refractivity (Wildman–Crippen MR) is 51.6 cm³/mol. The van der Waals surface area contributed by atoms with Crippen molar-refractivity contribution < 1.29 is 0 Å². The zero-order chi connectivity index (χ0) is 8.85. The molecule has 2 unspecified atom stereocenters. The number of nitrogens with one attached hydrogen (secondary N) is 1. The van der Waals surface area contributed by atoms with Gasteiger partial charge in [-0.15, -0.1) is 6.58 Å². The molecule has 2 atom stereocenters. The lowest BCUT2D eigenvalue weighted by molar-refractivity contribution is 0.521. The molecule has 0 rings (SSSR count). The third-order valence-electron chi connectivity index (χ3n) is 2.30. The molecule has 0 amide bonds. The average Bonchev–Trinajstić information content (AvgIpc) is 2.05. The monoisotopic (exact) mass is 153 g/mol. The second kappa shape index (κ2) is 5.14. The maximum Gasteiger partial charge on any atom is 0.0307 e. The summed E-state index contributed by atoms with van der Waals surface area (Å²) in [5.41, 5.74) is 1.41. The number of hydrogen-bond acceptors (Lipinski definition) is 1. The minimum Gasteiger partial charge on any atom is -0.313 e. The second-order valence-corrected chi connectivity index (χ2v) is 2.87. The Morgan fingerprint density at radius 1 is 1.55 bits per heavy atom. The molecule has 0 saturated heterocycles. The minimum atomic E-state index is 0.395. The van der Waals surface area contributed by atoms with Crippen molar-refractivity contribution in [3.05, 3.63) is 24.3 Å². The summed E-state index contributed by atoms with van der Waals surface area (Å²) in [6.45, 7) is 10.2. The predicted octanol–water partition coefficient (Wildman–Crippen LogP) is 2.36. The fourth-order valence-corrected chi connectivity index (χ4v) is 1.12. The molecule has 0 aromatic carbocycles. The minimum absolute atomic E-state index is 0.395. The van der Waals surface area contributed by atoms with E-state index in [2.05, 4.69) is 38.7 Å². The van der Waals surface area contributed by atoms with Gasteiger partial charge >= 0.3 is 0 Å². The van der Waals surface area contributed by atoms with Gasteiger partial charge in [-0.1, -0.05) is 24.6 Å². The number of hydrogen-bond donors (Lipinski definition) is 1. The van der Waals surface area contributed by atoms with Crippen LogP contribution in [0.5, 0.6) is 0 Å². The molecule has 0 aromatic heterocycles. The first-order valence-corrected chi connectivity index (χ1v) is 4.10. The molecule has 1 heteroatoms. The fraction of sp³-hybridized carbons (Fsp3) is 0.600. The molecule has 0 aromatic rings. The van der Waals surface area contributed by atoms with Crippen LogP contribution in [0.2, 0.25) is 0 Å². The lowest BCUT2D eigenvalue weighted by Crippen LogP contribution is -2.30. The van der Waals surface area contributed by atoms with Crippen LogP contribution in [-0.4, -0.2) is 13.1 Å². The van der Waals surface area contributed by atoms with Crippen LogP contribution in [0.4, 0.5) is 0 Å². The first kappa shape index (κ1) is 10.4. The van der Waals surface area contributed by atoms with Gasteiger partial charge in [0.1, 0.15) is 0 Å². The fourth-order valence-electron chi connectivity index (χ4n) is 1.12. The summed E-state index contributed by atoms with van der Waals surface area (Å²) < 4.78 is 0. The largest absolute Gasteiger partial charge is 0.313 e. The van der Waals surface area contributed by atoms with E-state index in [0.717, 1.165) is 0 Å². The molecule has 1 N–H and O–H groups in total. The molecule has 0 spiro atoms. The van der Waals surface area contributed by atoms with Crippen LogP contribution in [0, 0.1) is 5.92 Å². The van der Waals surface area contributed by atoms with Gasteiger partial charge in [0.15, 0.2) is 0 Å². The molecule has 1 nitrogen and oxygen atoms in total. The molecule has 0 bridgehead atoms. The summed E-state index contributed by atoms with van der Waals surface area (Å²) in [5.74, 6) is 0.544. The van der Waals surface area contributed by atoms with Gasteiger partial charge in [-0.25, -0.2) is 0 Å². The van der Waals surface area contributed by atoms with Gasteiger partial charge in [-0.05, 0) is 26.8 Å². The first-order valence-electron chi connectivity index (χ1n) is 4.10. The molecule has 0 fully saturated rings. The molecule has 0 radical (unpaired) electrons. The highest BCUT2D eigenvalue weighted by Crippen LogP contribution is 2.14. The van der Waals surface area contributed by atoms with Crippen LogP contribution in [0.25, 0.3) is 0 Å². The summed E-state index contributed by atoms with van der Waals surface area (Å²) in [6.07, 6.45) is 4.11. The van der Waals surface area contributed by atoms with Crippen molar-refractivity contribution in [1.29, 1.82) is 0 Å². The summed E-state index contributed by atoms with van der Waals surface area (Å²) in [6, 6.07) is 0.395. The standard InChI is InChI=1S/C10H19N/c1-6-8(3)9(4)10(7-2)11-5/h6-7,9-11H,2H2,1,3-5H3/b8-6+. The first-order chi connectivity index (χ1) is 5.17. The highest BCUT2D eigenvalue weighted by Gasteiger charge is 2.11. The average molecular weight is 153 g/mol. The summed E-state index contributed by atoms with van der Waals surface area (Å²) in [4.78, 5) is 0. The van der Waals surface area contributed by atoms with E-state index in [0.29, 0.717) is 12.0 Å². The van der Waals surface area contributed by atoms with Gasteiger partial charge in [0.25, 0.3) is 0 Å². The Hall–Kier alpha value is -0.560. The van der Waals surface area contributed by atoms with E-state index in [4.69, 9.17) is 0 Å². The van der Waals surface area contributed by atoms with Gasteiger partial charge in [-0.2, -0.15) is 0 Å². The van der Waals surface area contributed by atoms with Crippen molar-refractivity contribution in [2.24, 2.45) is 5.92 Å². The lowest BCUT2D eigenvalue weighted by atomic mass is 9.94. The van der Waals surface area contributed by atoms with Crippen LogP contribution in [-0.2, 0) is 0 Å². The van der Waals surface area contributed by atoms with E-state index < -0.39 is 0 Å². The Labute approximate surface area is 70.2 Å². The van der Waals surface area contributed by atoms with E-state index in [-0.39, 0.29) is 0 Å². The Kier molecular flexibility index (Phi) is 4.88. The van der Waals surface area contributed by atoms with E-state index in [9.17, 15) is 0 Å². The summed E-state index contributed by atoms with van der Waals surface area (Å²) in [7, 11) is 1.96. The van der Waals surface area contributed by atoms with Crippen molar-refractivity contribution in [1.82, 2.24) is 5.32 Å². The van der Waals surface area contributed by atoms with Crippen molar-refractivity contribution in [2.45, 2.75) is 26.8 Å². The Morgan fingerprint density at radius 3 is 2.36 bits per heavy atom. The van der Waals surface area contributed by atoms with Gasteiger partial charge in [0.05, 0.1) is 0 Å². The van der Waals surface area contributed by atoms with Crippen LogP contribution in [0.15, 0.2) is 24.3 Å². The van der Waals surface area contributed by atoms with Crippen molar-refractivity contribution >= 4 is 0 Å². The Balaban J connectivity index is 4.19. The molecule has 64 valence electrons. The molecule has 0 aliphatic heterocycles. The van der Waals surface area contributed by atoms with E-state index in [1.165, 1.54) is 5.57 Å². The van der Waals surface area contributed by atoms with Gasteiger partial charge in [-0.3, -0.25) is 0 Å². The Bertz CT molecular complexity index is 147. The maximum absolute atomic E-state index is 3.78. The van der Waals surface area contributed by atoms with Crippen LogP contribution in [0.3, 0.4) is 0 Å². The summed E-state index contributed by atoms with van der Waals surface area (Å²) in [5, 5.41) is 3.21. The van der Waals surface area contributed by atoms with Crippen molar-refractivity contribution in [2.75, 3.05) is 7.05 Å². The molecular weight excluding hydrogens is 134 g/mol. The highest BCUT2D eigenvalue weighted by atomic mass is 14.9. The number of rotatable bonds is 4. The molecule has 11 heavy (non-hydrogen) atoms. The lowest BCUT2D eigenvalue weighted by Gasteiger charge is -2.20. The highest BCUT2D eigenvalue weighted by molar-refractivity contribution is 5.07. The van der Waals surface area contributed by atoms with Gasteiger partial charge in [0.2, 0.25) is 0 Å². The normalized spacial score (nSPS) is 17.6. The van der Waals surface area contributed by atoms with E-state index >= 15 is 0 Å². The van der Waals surface area contributed by atoms with E-state index in [1.54, 1.807) is 0 Å². The molecular formula is C10H19N. The van der Waals surface area contributed by atoms with E-state index in [1.807, 2.05) is 13.1 Å². The van der Waals surface area contributed by atoms with Crippen molar-refractivity contribution in [3.63, 3.8) is 0 Å². The van der Waals surface area contributed by atoms with Crippen molar-refractivity contribution in [3.8, 4) is 0 Å². The molecule has 0 aliphatic carbocycles.